The quantitative estimate of drug-likeness (QED) is 0.601. The maximum absolute atomic E-state index is 13.0. The molecule has 3 aromatic heterocycles. The van der Waals surface area contributed by atoms with Gasteiger partial charge in [0.25, 0.3) is 0 Å². The predicted octanol–water partition coefficient (Wildman–Crippen LogP) is 2.80. The molecule has 1 N–H and O–H groups in total. The van der Waals surface area contributed by atoms with Crippen molar-refractivity contribution in [3.63, 3.8) is 0 Å². The Hall–Kier alpha value is -3.26. The number of halogens is 1. The summed E-state index contributed by atoms with van der Waals surface area (Å²) in [7, 11) is 0. The van der Waals surface area contributed by atoms with Crippen LogP contribution in [0.15, 0.2) is 64.0 Å². The van der Waals surface area contributed by atoms with Crippen LogP contribution in [0.25, 0.3) is 11.6 Å². The van der Waals surface area contributed by atoms with E-state index in [1.165, 1.54) is 30.5 Å². The molecule has 7 nitrogen and oxygen atoms in total. The third kappa shape index (κ3) is 3.07. The van der Waals surface area contributed by atoms with Crippen molar-refractivity contribution in [1.29, 1.82) is 0 Å². The third-order valence-electron chi connectivity index (χ3n) is 3.69. The molecule has 4 rings (SSSR count). The van der Waals surface area contributed by atoms with E-state index in [0.29, 0.717) is 28.9 Å². The summed E-state index contributed by atoms with van der Waals surface area (Å²) < 4.78 is 25.2. The predicted molar refractivity (Wildman–Crippen MR) is 83.8 cm³/mol. The van der Waals surface area contributed by atoms with E-state index < -0.39 is 6.10 Å². The average Bonchev–Trinajstić information content (AvgIpc) is 3.37. The van der Waals surface area contributed by atoms with E-state index in [9.17, 15) is 9.50 Å². The first-order chi connectivity index (χ1) is 12.2. The van der Waals surface area contributed by atoms with Gasteiger partial charge in [0.1, 0.15) is 24.3 Å². The first-order valence-corrected chi connectivity index (χ1v) is 7.52. The summed E-state index contributed by atoms with van der Waals surface area (Å²) in [5, 5.41) is 14.4. The van der Waals surface area contributed by atoms with E-state index in [1.54, 1.807) is 29.1 Å². The number of imidazole rings is 1. The lowest BCUT2D eigenvalue weighted by molar-refractivity contribution is 0.204. The number of hydrogen-bond acceptors (Lipinski definition) is 6. The largest absolute Gasteiger partial charge is 0.461 e. The van der Waals surface area contributed by atoms with Crippen LogP contribution in [0.5, 0.6) is 0 Å². The fourth-order valence-corrected chi connectivity index (χ4v) is 2.47. The fraction of sp³-hybridized carbons (Fsp3) is 0.118. The molecule has 0 spiro atoms. The van der Waals surface area contributed by atoms with Gasteiger partial charge in [0.2, 0.25) is 11.7 Å². The highest BCUT2D eigenvalue weighted by atomic mass is 19.1. The molecule has 0 bridgehead atoms. The number of furan rings is 1. The van der Waals surface area contributed by atoms with Crippen LogP contribution in [0.2, 0.25) is 0 Å². The van der Waals surface area contributed by atoms with Gasteiger partial charge in [-0.05, 0) is 29.8 Å². The zero-order valence-electron chi connectivity index (χ0n) is 12.9. The molecule has 0 amide bonds. The zero-order chi connectivity index (χ0) is 17.2. The maximum Gasteiger partial charge on any atom is 0.247 e. The first-order valence-electron chi connectivity index (χ1n) is 7.52. The lowest BCUT2D eigenvalue weighted by Crippen LogP contribution is -2.10. The highest BCUT2D eigenvalue weighted by Crippen LogP contribution is 2.22. The van der Waals surface area contributed by atoms with Crippen LogP contribution in [0.3, 0.4) is 0 Å². The molecule has 0 radical (unpaired) electrons. The van der Waals surface area contributed by atoms with Crippen LogP contribution < -0.4 is 0 Å². The molecule has 0 fully saturated rings. The van der Waals surface area contributed by atoms with Gasteiger partial charge in [-0.25, -0.2) is 9.37 Å². The van der Waals surface area contributed by atoms with Gasteiger partial charge in [-0.1, -0.05) is 17.3 Å². The standard InChI is InChI=1S/C17H13FN4O3/c18-12-5-3-11(4-6-12)15(23)17-19-7-8-22(17)10-14-20-16(21-25-14)13-2-1-9-24-13/h1-9,15,23H,10H2. The summed E-state index contributed by atoms with van der Waals surface area (Å²) >= 11 is 0. The van der Waals surface area contributed by atoms with Crippen molar-refractivity contribution < 1.29 is 18.4 Å². The summed E-state index contributed by atoms with van der Waals surface area (Å²) in [5.74, 6) is 1.23. The summed E-state index contributed by atoms with van der Waals surface area (Å²) in [4.78, 5) is 8.44. The van der Waals surface area contributed by atoms with Crippen LogP contribution >= 0.6 is 0 Å². The summed E-state index contributed by atoms with van der Waals surface area (Å²) in [5.41, 5.74) is 0.538. The van der Waals surface area contributed by atoms with Crippen molar-refractivity contribution in [2.24, 2.45) is 0 Å². The average molecular weight is 340 g/mol. The normalized spacial score (nSPS) is 12.4. The second kappa shape index (κ2) is 6.33. The Balaban J connectivity index is 1.56. The van der Waals surface area contributed by atoms with Gasteiger partial charge in [-0.2, -0.15) is 4.98 Å². The van der Waals surface area contributed by atoms with Crippen LogP contribution in [0.1, 0.15) is 23.4 Å². The molecule has 3 heterocycles. The van der Waals surface area contributed by atoms with Crippen LogP contribution in [0, 0.1) is 5.82 Å². The van der Waals surface area contributed by atoms with E-state index in [1.807, 2.05) is 0 Å². The number of aliphatic hydroxyl groups is 1. The van der Waals surface area contributed by atoms with Gasteiger partial charge >= 0.3 is 0 Å². The van der Waals surface area contributed by atoms with Crippen molar-refractivity contribution in [2.75, 3.05) is 0 Å². The van der Waals surface area contributed by atoms with E-state index in [2.05, 4.69) is 15.1 Å². The second-order valence-corrected chi connectivity index (χ2v) is 5.36. The number of benzene rings is 1. The van der Waals surface area contributed by atoms with Gasteiger partial charge in [0.05, 0.1) is 6.26 Å². The number of hydrogen-bond donors (Lipinski definition) is 1. The van der Waals surface area contributed by atoms with Gasteiger partial charge < -0.3 is 18.6 Å². The van der Waals surface area contributed by atoms with Gasteiger partial charge in [0, 0.05) is 12.4 Å². The van der Waals surface area contributed by atoms with Crippen LogP contribution in [-0.4, -0.2) is 24.8 Å². The smallest absolute Gasteiger partial charge is 0.247 e. The molecular formula is C17H13FN4O3. The molecule has 1 aromatic carbocycles. The lowest BCUT2D eigenvalue weighted by Gasteiger charge is -2.12. The highest BCUT2D eigenvalue weighted by Gasteiger charge is 2.18. The topological polar surface area (TPSA) is 90.1 Å². The molecule has 1 unspecified atom stereocenters. The zero-order valence-corrected chi connectivity index (χ0v) is 12.9. The van der Waals surface area contributed by atoms with E-state index in [4.69, 9.17) is 8.94 Å². The Labute approximate surface area is 141 Å². The van der Waals surface area contributed by atoms with E-state index in [-0.39, 0.29) is 12.4 Å². The Morgan fingerprint density at radius 2 is 2.04 bits per heavy atom. The number of aromatic nitrogens is 4. The Kier molecular flexibility index (Phi) is 3.87. The van der Waals surface area contributed by atoms with Crippen molar-refractivity contribution >= 4 is 0 Å². The third-order valence-corrected chi connectivity index (χ3v) is 3.69. The minimum Gasteiger partial charge on any atom is -0.461 e. The maximum atomic E-state index is 13.0. The molecule has 0 aliphatic carbocycles. The van der Waals surface area contributed by atoms with Gasteiger partial charge in [-0.3, -0.25) is 0 Å². The van der Waals surface area contributed by atoms with E-state index >= 15 is 0 Å². The van der Waals surface area contributed by atoms with Crippen molar-refractivity contribution in [3.05, 3.63) is 78.2 Å². The molecule has 0 saturated heterocycles. The number of rotatable bonds is 5. The number of aliphatic hydroxyl groups excluding tert-OH is 1. The van der Waals surface area contributed by atoms with Crippen LogP contribution in [0.4, 0.5) is 4.39 Å². The Morgan fingerprint density at radius 3 is 2.80 bits per heavy atom. The molecule has 0 aliphatic heterocycles. The summed E-state index contributed by atoms with van der Waals surface area (Å²) in [6.07, 6.45) is 3.78. The molecule has 25 heavy (non-hydrogen) atoms. The summed E-state index contributed by atoms with van der Waals surface area (Å²) in [6.45, 7) is 0.237. The Bertz CT molecular complexity index is 960. The number of nitrogens with zero attached hydrogens (tertiary/aromatic N) is 4. The Morgan fingerprint density at radius 1 is 1.20 bits per heavy atom. The summed E-state index contributed by atoms with van der Waals surface area (Å²) in [6, 6.07) is 9.08. The van der Waals surface area contributed by atoms with Crippen molar-refractivity contribution in [1.82, 2.24) is 19.7 Å². The highest BCUT2D eigenvalue weighted by molar-refractivity contribution is 5.44. The fourth-order valence-electron chi connectivity index (χ4n) is 2.47. The minimum absolute atomic E-state index is 0.237. The van der Waals surface area contributed by atoms with Gasteiger partial charge in [0.15, 0.2) is 5.76 Å². The molecule has 0 saturated carbocycles. The first kappa shape index (κ1) is 15.3. The molecule has 0 aliphatic rings. The van der Waals surface area contributed by atoms with Crippen molar-refractivity contribution in [3.8, 4) is 11.6 Å². The second-order valence-electron chi connectivity index (χ2n) is 5.36. The lowest BCUT2D eigenvalue weighted by atomic mass is 10.1. The molecular weight excluding hydrogens is 327 g/mol. The molecule has 4 aromatic rings. The molecule has 1 atom stereocenters. The monoisotopic (exact) mass is 340 g/mol. The molecule has 8 heteroatoms. The minimum atomic E-state index is -0.997. The van der Waals surface area contributed by atoms with Crippen molar-refractivity contribution in [2.45, 2.75) is 12.6 Å². The molecule has 126 valence electrons. The van der Waals surface area contributed by atoms with E-state index in [0.717, 1.165) is 0 Å². The van der Waals surface area contributed by atoms with Crippen LogP contribution in [-0.2, 0) is 6.54 Å². The van der Waals surface area contributed by atoms with Gasteiger partial charge in [-0.15, -0.1) is 0 Å². The SMILES string of the molecule is OC(c1ccc(F)cc1)c1nccn1Cc1nc(-c2ccco2)no1.